The molecule has 0 aliphatic heterocycles. The van der Waals surface area contributed by atoms with E-state index in [4.69, 9.17) is 10.0 Å². The van der Waals surface area contributed by atoms with Crippen molar-refractivity contribution >= 4 is 24.4 Å². The summed E-state index contributed by atoms with van der Waals surface area (Å²) in [5.74, 6) is -0.109. The zero-order valence-electron chi connectivity index (χ0n) is 8.66. The molecule has 2 rings (SSSR count). The van der Waals surface area contributed by atoms with Crippen LogP contribution in [-0.2, 0) is 0 Å². The first-order chi connectivity index (χ1) is 8.16. The predicted octanol–water partition coefficient (Wildman–Crippen LogP) is -1.26. The van der Waals surface area contributed by atoms with E-state index in [1.807, 2.05) is 0 Å². The summed E-state index contributed by atoms with van der Waals surface area (Å²) in [4.78, 5) is 15.4. The summed E-state index contributed by atoms with van der Waals surface area (Å²) in [6.07, 6.45) is 1.28. The third-order valence-electron chi connectivity index (χ3n) is 2.12. The van der Waals surface area contributed by atoms with Crippen LogP contribution in [0.3, 0.4) is 0 Å². The summed E-state index contributed by atoms with van der Waals surface area (Å²) in [7, 11) is -1.54. The number of aromatic amines is 1. The van der Waals surface area contributed by atoms with Crippen molar-refractivity contribution in [2.45, 2.75) is 0 Å². The van der Waals surface area contributed by atoms with Crippen LogP contribution >= 0.6 is 0 Å². The summed E-state index contributed by atoms with van der Waals surface area (Å²) in [5.41, 5.74) is 0.701. The molecule has 1 heterocycles. The Labute approximate surface area is 96.7 Å². The van der Waals surface area contributed by atoms with E-state index in [0.717, 1.165) is 0 Å². The average molecular weight is 232 g/mol. The lowest BCUT2D eigenvalue weighted by Gasteiger charge is -2.03. The minimum absolute atomic E-state index is 0.251. The van der Waals surface area contributed by atoms with Gasteiger partial charge in [-0.3, -0.25) is 10.1 Å². The van der Waals surface area contributed by atoms with Crippen molar-refractivity contribution in [2.75, 3.05) is 5.32 Å². The molecular weight excluding hydrogens is 223 g/mol. The highest BCUT2D eigenvalue weighted by Gasteiger charge is 2.12. The third kappa shape index (κ3) is 2.68. The molecule has 0 unspecified atom stereocenters. The van der Waals surface area contributed by atoms with Gasteiger partial charge in [0.25, 0.3) is 5.91 Å². The summed E-state index contributed by atoms with van der Waals surface area (Å²) in [6, 6.07) is 5.89. The van der Waals surface area contributed by atoms with Crippen LogP contribution in [0.15, 0.2) is 30.6 Å². The highest BCUT2D eigenvalue weighted by atomic mass is 16.4. The average Bonchev–Trinajstić information content (AvgIpc) is 2.82. The van der Waals surface area contributed by atoms with E-state index in [-0.39, 0.29) is 11.9 Å². The van der Waals surface area contributed by atoms with E-state index in [0.29, 0.717) is 11.0 Å². The molecule has 4 N–H and O–H groups in total. The van der Waals surface area contributed by atoms with Gasteiger partial charge in [0, 0.05) is 5.56 Å². The van der Waals surface area contributed by atoms with Crippen LogP contribution in [0.2, 0.25) is 0 Å². The van der Waals surface area contributed by atoms with Gasteiger partial charge in [0.2, 0.25) is 5.95 Å². The topological polar surface area (TPSA) is 111 Å². The van der Waals surface area contributed by atoms with Crippen LogP contribution in [-0.4, -0.2) is 38.3 Å². The number of nitrogens with one attached hydrogen (secondary N) is 2. The van der Waals surface area contributed by atoms with Crippen LogP contribution < -0.4 is 10.8 Å². The second kappa shape index (κ2) is 4.77. The molecule has 0 saturated heterocycles. The first-order valence-electron chi connectivity index (χ1n) is 4.79. The molecule has 0 atom stereocenters. The SMILES string of the molecule is O=C(Nc1ncn[nH]1)c1ccc(B(O)O)cc1. The van der Waals surface area contributed by atoms with Gasteiger partial charge in [-0.1, -0.05) is 12.1 Å². The van der Waals surface area contributed by atoms with Crippen molar-refractivity contribution in [3.8, 4) is 0 Å². The fraction of sp³-hybridized carbons (Fsp3) is 0. The number of hydrogen-bond donors (Lipinski definition) is 4. The quantitative estimate of drug-likeness (QED) is 0.493. The normalized spacial score (nSPS) is 10.0. The van der Waals surface area contributed by atoms with E-state index in [1.54, 1.807) is 0 Å². The van der Waals surface area contributed by atoms with E-state index in [1.165, 1.54) is 30.6 Å². The molecule has 1 amide bonds. The van der Waals surface area contributed by atoms with Crippen LogP contribution in [0.25, 0.3) is 0 Å². The largest absolute Gasteiger partial charge is 0.488 e. The molecule has 0 fully saturated rings. The molecule has 1 aromatic carbocycles. The van der Waals surface area contributed by atoms with Crippen LogP contribution in [0.1, 0.15) is 10.4 Å². The molecule has 0 aliphatic rings. The summed E-state index contributed by atoms with van der Waals surface area (Å²) in [5, 5.41) is 26.4. The Balaban J connectivity index is 2.09. The van der Waals surface area contributed by atoms with Crippen LogP contribution in [0.5, 0.6) is 0 Å². The number of anilines is 1. The van der Waals surface area contributed by atoms with Gasteiger partial charge in [-0.25, -0.2) is 5.10 Å². The maximum absolute atomic E-state index is 11.7. The summed E-state index contributed by atoms with van der Waals surface area (Å²) in [6.45, 7) is 0. The highest BCUT2D eigenvalue weighted by Crippen LogP contribution is 2.01. The fourth-order valence-corrected chi connectivity index (χ4v) is 1.25. The van der Waals surface area contributed by atoms with Crippen LogP contribution in [0, 0.1) is 0 Å². The second-order valence-electron chi connectivity index (χ2n) is 3.28. The third-order valence-corrected chi connectivity index (χ3v) is 2.12. The number of carbonyl (C=O) groups excluding carboxylic acids is 1. The lowest BCUT2D eigenvalue weighted by molar-refractivity contribution is 0.102. The fourth-order valence-electron chi connectivity index (χ4n) is 1.25. The molecule has 0 saturated carbocycles. The first kappa shape index (κ1) is 11.3. The van der Waals surface area contributed by atoms with E-state index in [2.05, 4.69) is 20.5 Å². The van der Waals surface area contributed by atoms with Gasteiger partial charge in [-0.15, -0.1) is 0 Å². The smallest absolute Gasteiger partial charge is 0.423 e. The van der Waals surface area contributed by atoms with E-state index >= 15 is 0 Å². The number of nitrogens with zero attached hydrogens (tertiary/aromatic N) is 2. The number of aromatic nitrogens is 3. The number of hydrogen-bond acceptors (Lipinski definition) is 5. The molecule has 8 heteroatoms. The Bertz CT molecular complexity index is 497. The molecule has 17 heavy (non-hydrogen) atoms. The molecular formula is C9H9BN4O3. The predicted molar refractivity (Wildman–Crippen MR) is 60.6 cm³/mol. The number of carbonyl (C=O) groups is 1. The Morgan fingerprint density at radius 3 is 2.53 bits per heavy atom. The molecule has 0 spiro atoms. The lowest BCUT2D eigenvalue weighted by atomic mass is 9.80. The van der Waals surface area contributed by atoms with Gasteiger partial charge in [-0.2, -0.15) is 10.1 Å². The van der Waals surface area contributed by atoms with Gasteiger partial charge in [0.05, 0.1) is 0 Å². The zero-order chi connectivity index (χ0) is 12.3. The number of rotatable bonds is 3. The Hall–Kier alpha value is -2.19. The Morgan fingerprint density at radius 1 is 1.29 bits per heavy atom. The molecule has 0 bridgehead atoms. The van der Waals surface area contributed by atoms with Crippen LogP contribution in [0.4, 0.5) is 5.95 Å². The second-order valence-corrected chi connectivity index (χ2v) is 3.28. The Morgan fingerprint density at radius 2 is 2.00 bits per heavy atom. The first-order valence-corrected chi connectivity index (χ1v) is 4.79. The molecule has 0 aliphatic carbocycles. The molecule has 1 aromatic heterocycles. The minimum Gasteiger partial charge on any atom is -0.423 e. The van der Waals surface area contributed by atoms with Crippen molar-refractivity contribution in [3.05, 3.63) is 36.2 Å². The van der Waals surface area contributed by atoms with E-state index < -0.39 is 7.12 Å². The number of amides is 1. The Kier molecular flexibility index (Phi) is 3.17. The maximum atomic E-state index is 11.7. The molecule has 2 aromatic rings. The molecule has 0 radical (unpaired) electrons. The van der Waals surface area contributed by atoms with Crippen molar-refractivity contribution in [1.29, 1.82) is 0 Å². The van der Waals surface area contributed by atoms with Crippen molar-refractivity contribution in [2.24, 2.45) is 0 Å². The highest BCUT2D eigenvalue weighted by molar-refractivity contribution is 6.58. The van der Waals surface area contributed by atoms with Gasteiger partial charge in [0.15, 0.2) is 0 Å². The molecule has 86 valence electrons. The van der Waals surface area contributed by atoms with Crippen molar-refractivity contribution < 1.29 is 14.8 Å². The lowest BCUT2D eigenvalue weighted by Crippen LogP contribution is -2.29. The van der Waals surface area contributed by atoms with Gasteiger partial charge < -0.3 is 10.0 Å². The van der Waals surface area contributed by atoms with Gasteiger partial charge >= 0.3 is 7.12 Å². The minimum atomic E-state index is -1.54. The number of benzene rings is 1. The molecule has 7 nitrogen and oxygen atoms in total. The van der Waals surface area contributed by atoms with Crippen molar-refractivity contribution in [1.82, 2.24) is 15.2 Å². The van der Waals surface area contributed by atoms with Crippen molar-refractivity contribution in [3.63, 3.8) is 0 Å². The monoisotopic (exact) mass is 232 g/mol. The summed E-state index contributed by atoms with van der Waals surface area (Å²) >= 11 is 0. The maximum Gasteiger partial charge on any atom is 0.488 e. The standard InChI is InChI=1S/C9H9BN4O3/c15-8(13-9-11-5-12-14-9)6-1-3-7(4-2-6)10(16)17/h1-5,16-17H,(H2,11,12,13,14,15). The van der Waals surface area contributed by atoms with Gasteiger partial charge in [-0.05, 0) is 17.6 Å². The summed E-state index contributed by atoms with van der Waals surface area (Å²) < 4.78 is 0. The van der Waals surface area contributed by atoms with E-state index in [9.17, 15) is 4.79 Å². The zero-order valence-corrected chi connectivity index (χ0v) is 8.66. The van der Waals surface area contributed by atoms with Gasteiger partial charge in [0.1, 0.15) is 6.33 Å². The number of H-pyrrole nitrogens is 1.